The summed E-state index contributed by atoms with van der Waals surface area (Å²) in [6.07, 6.45) is 3.69. The summed E-state index contributed by atoms with van der Waals surface area (Å²) in [4.78, 5) is 24.4. The van der Waals surface area contributed by atoms with Crippen molar-refractivity contribution in [2.75, 3.05) is 11.1 Å². The molecule has 128 valence electrons. The molecule has 0 bridgehead atoms. The Morgan fingerprint density at radius 3 is 3.12 bits per heavy atom. The second-order valence-corrected chi connectivity index (χ2v) is 7.18. The minimum atomic E-state index is -0.151. The van der Waals surface area contributed by atoms with E-state index in [-0.39, 0.29) is 5.91 Å². The Morgan fingerprint density at radius 2 is 2.19 bits per heavy atom. The number of thioether (sulfide) groups is 1. The van der Waals surface area contributed by atoms with Gasteiger partial charge in [-0.05, 0) is 30.3 Å². The summed E-state index contributed by atoms with van der Waals surface area (Å²) in [6.45, 7) is 1.000. The maximum absolute atomic E-state index is 12.6. The number of imidazole rings is 2. The van der Waals surface area contributed by atoms with Gasteiger partial charge in [0.2, 0.25) is 0 Å². The van der Waals surface area contributed by atoms with Gasteiger partial charge in [-0.25, -0.2) is 9.97 Å². The zero-order valence-corrected chi connectivity index (χ0v) is 14.6. The van der Waals surface area contributed by atoms with Gasteiger partial charge in [0.15, 0.2) is 5.16 Å². The molecule has 0 saturated heterocycles. The van der Waals surface area contributed by atoms with Crippen LogP contribution in [0.5, 0.6) is 0 Å². The molecule has 0 radical (unpaired) electrons. The highest BCUT2D eigenvalue weighted by Crippen LogP contribution is 2.30. The fourth-order valence-electron chi connectivity index (χ4n) is 3.09. The van der Waals surface area contributed by atoms with Crippen molar-refractivity contribution >= 4 is 34.4 Å². The molecule has 0 spiro atoms. The molecule has 4 aromatic rings. The third-order valence-electron chi connectivity index (χ3n) is 4.40. The molecular weight excluding hydrogens is 346 g/mol. The van der Waals surface area contributed by atoms with E-state index in [1.165, 1.54) is 0 Å². The molecule has 26 heavy (non-hydrogen) atoms. The molecule has 0 unspecified atom stereocenters. The number of hydrogen-bond donors (Lipinski definition) is 2. The predicted octanol–water partition coefficient (Wildman–Crippen LogP) is 3.78. The van der Waals surface area contributed by atoms with Crippen molar-refractivity contribution in [3.63, 3.8) is 0 Å². The van der Waals surface area contributed by atoms with Crippen LogP contribution in [-0.2, 0) is 6.54 Å². The minimum absolute atomic E-state index is 0.151. The number of rotatable bonds is 3. The van der Waals surface area contributed by atoms with E-state index >= 15 is 0 Å². The van der Waals surface area contributed by atoms with Gasteiger partial charge in [-0.3, -0.25) is 4.79 Å². The van der Waals surface area contributed by atoms with Gasteiger partial charge in [0.25, 0.3) is 5.91 Å². The molecule has 3 heterocycles. The first-order chi connectivity index (χ1) is 12.8. The second kappa shape index (κ2) is 6.03. The molecule has 1 aliphatic heterocycles. The number of aromatic amines is 1. The van der Waals surface area contributed by atoms with Crippen molar-refractivity contribution in [3.05, 3.63) is 60.6 Å². The average molecular weight is 361 g/mol. The quantitative estimate of drug-likeness (QED) is 0.582. The smallest absolute Gasteiger partial charge is 0.255 e. The molecule has 2 aromatic heterocycles. The molecule has 2 aromatic carbocycles. The summed E-state index contributed by atoms with van der Waals surface area (Å²) >= 11 is 1.77. The molecule has 1 aliphatic rings. The highest BCUT2D eigenvalue weighted by molar-refractivity contribution is 7.99. The number of amides is 1. The van der Waals surface area contributed by atoms with Crippen molar-refractivity contribution in [2.24, 2.45) is 0 Å². The summed E-state index contributed by atoms with van der Waals surface area (Å²) in [5.74, 6) is 0.931. The van der Waals surface area contributed by atoms with Crippen molar-refractivity contribution in [1.82, 2.24) is 19.5 Å². The first kappa shape index (κ1) is 15.2. The lowest BCUT2D eigenvalue weighted by atomic mass is 10.1. The summed E-state index contributed by atoms with van der Waals surface area (Å²) < 4.78 is 2.17. The van der Waals surface area contributed by atoms with Crippen LogP contribution in [0.1, 0.15) is 10.4 Å². The summed E-state index contributed by atoms with van der Waals surface area (Å²) in [5, 5.41) is 4.02. The minimum Gasteiger partial charge on any atom is -0.345 e. The lowest BCUT2D eigenvalue weighted by molar-refractivity contribution is 0.102. The fraction of sp³-hybridized carbons (Fsp3) is 0.105. The predicted molar refractivity (Wildman–Crippen MR) is 102 cm³/mol. The number of aromatic nitrogens is 4. The van der Waals surface area contributed by atoms with Gasteiger partial charge in [0.1, 0.15) is 0 Å². The molecule has 0 saturated carbocycles. The van der Waals surface area contributed by atoms with Crippen molar-refractivity contribution in [3.8, 4) is 11.3 Å². The number of anilines is 1. The topological polar surface area (TPSA) is 75.6 Å². The highest BCUT2D eigenvalue weighted by atomic mass is 32.2. The zero-order valence-electron chi connectivity index (χ0n) is 13.8. The number of carbonyl (C=O) groups is 1. The number of nitrogens with one attached hydrogen (secondary N) is 2. The van der Waals surface area contributed by atoms with Gasteiger partial charge in [-0.2, -0.15) is 0 Å². The van der Waals surface area contributed by atoms with Gasteiger partial charge in [0, 0.05) is 35.3 Å². The van der Waals surface area contributed by atoms with Gasteiger partial charge in [-0.1, -0.05) is 23.9 Å². The highest BCUT2D eigenvalue weighted by Gasteiger charge is 2.15. The summed E-state index contributed by atoms with van der Waals surface area (Å²) in [7, 11) is 0. The Labute approximate surface area is 153 Å². The lowest BCUT2D eigenvalue weighted by Gasteiger charge is -2.07. The van der Waals surface area contributed by atoms with Crippen molar-refractivity contribution < 1.29 is 4.79 Å². The first-order valence-corrected chi connectivity index (χ1v) is 9.30. The number of aryl methyl sites for hydroxylation is 1. The Hall–Kier alpha value is -3.06. The Kier molecular flexibility index (Phi) is 3.53. The number of H-pyrrole nitrogens is 1. The van der Waals surface area contributed by atoms with Crippen molar-refractivity contribution in [1.29, 1.82) is 0 Å². The van der Waals surface area contributed by atoms with Gasteiger partial charge in [0.05, 0.1) is 23.1 Å². The molecule has 1 amide bonds. The summed E-state index contributed by atoms with van der Waals surface area (Å²) in [6, 6.07) is 13.2. The van der Waals surface area contributed by atoms with E-state index in [9.17, 15) is 4.79 Å². The largest absolute Gasteiger partial charge is 0.345 e. The fourth-order valence-corrected chi connectivity index (χ4v) is 4.03. The standard InChI is InChI=1S/C19H15N5OS/c25-18(13-4-5-15-16(9-13)21-11-20-15)22-14-3-1-2-12(8-14)17-10-24-6-7-26-19(24)23-17/h1-5,8-11H,6-7H2,(H,20,21)(H,22,25). The summed E-state index contributed by atoms with van der Waals surface area (Å²) in [5.41, 5.74) is 4.95. The second-order valence-electron chi connectivity index (χ2n) is 6.12. The monoisotopic (exact) mass is 361 g/mol. The number of benzene rings is 2. The normalized spacial score (nSPS) is 13.1. The zero-order chi connectivity index (χ0) is 17.5. The average Bonchev–Trinajstić information content (AvgIpc) is 3.36. The van der Waals surface area contributed by atoms with Gasteiger partial charge in [-0.15, -0.1) is 0 Å². The number of nitrogens with zero attached hydrogens (tertiary/aromatic N) is 3. The van der Waals surface area contributed by atoms with Gasteiger partial charge < -0.3 is 14.9 Å². The van der Waals surface area contributed by atoms with Crippen LogP contribution in [0.3, 0.4) is 0 Å². The number of fused-ring (bicyclic) bond motifs is 2. The molecular formula is C19H15N5OS. The number of hydrogen-bond acceptors (Lipinski definition) is 4. The van der Waals surface area contributed by atoms with E-state index in [4.69, 9.17) is 0 Å². The maximum atomic E-state index is 12.6. The van der Waals surface area contributed by atoms with Gasteiger partial charge >= 0.3 is 0 Å². The van der Waals surface area contributed by atoms with Crippen LogP contribution in [0, 0.1) is 0 Å². The molecule has 5 rings (SSSR count). The molecule has 6 nitrogen and oxygen atoms in total. The van der Waals surface area contributed by atoms with Crippen LogP contribution in [0.25, 0.3) is 22.3 Å². The maximum Gasteiger partial charge on any atom is 0.255 e. The van der Waals surface area contributed by atoms with Crippen LogP contribution in [0.15, 0.2) is 60.1 Å². The van der Waals surface area contributed by atoms with E-state index < -0.39 is 0 Å². The van der Waals surface area contributed by atoms with E-state index in [1.807, 2.05) is 30.3 Å². The van der Waals surface area contributed by atoms with E-state index in [0.717, 1.165) is 45.4 Å². The third-order valence-corrected chi connectivity index (χ3v) is 5.37. The molecule has 0 fully saturated rings. The van der Waals surface area contributed by atoms with E-state index in [0.29, 0.717) is 5.56 Å². The van der Waals surface area contributed by atoms with Crippen LogP contribution < -0.4 is 5.32 Å². The lowest BCUT2D eigenvalue weighted by Crippen LogP contribution is -2.11. The van der Waals surface area contributed by atoms with E-state index in [1.54, 1.807) is 30.2 Å². The van der Waals surface area contributed by atoms with Crippen LogP contribution in [0.4, 0.5) is 5.69 Å². The molecule has 0 atom stereocenters. The van der Waals surface area contributed by atoms with Crippen molar-refractivity contribution in [2.45, 2.75) is 11.7 Å². The molecule has 2 N–H and O–H groups in total. The first-order valence-electron chi connectivity index (χ1n) is 8.31. The Balaban J connectivity index is 1.40. The number of carbonyl (C=O) groups excluding carboxylic acids is 1. The van der Waals surface area contributed by atoms with Crippen LogP contribution in [0.2, 0.25) is 0 Å². The SMILES string of the molecule is O=C(Nc1cccc(-c2cn3c(n2)SCC3)c1)c1ccc2nc[nH]c2c1. The molecule has 7 heteroatoms. The van der Waals surface area contributed by atoms with Crippen LogP contribution >= 0.6 is 11.8 Å². The Morgan fingerprint density at radius 1 is 1.23 bits per heavy atom. The third kappa shape index (κ3) is 2.66. The van der Waals surface area contributed by atoms with Crippen LogP contribution in [-0.4, -0.2) is 31.2 Å². The Bertz CT molecular complexity index is 1110. The molecule has 0 aliphatic carbocycles. The van der Waals surface area contributed by atoms with E-state index in [2.05, 4.69) is 31.0 Å².